The summed E-state index contributed by atoms with van der Waals surface area (Å²) in [7, 11) is 0. The van der Waals surface area contributed by atoms with E-state index in [1.54, 1.807) is 6.07 Å². The molecule has 0 bridgehead atoms. The minimum atomic E-state index is 0.0387. The van der Waals surface area contributed by atoms with Gasteiger partial charge in [0.15, 0.2) is 6.61 Å². The number of para-hydroxylation sites is 1. The van der Waals surface area contributed by atoms with Crippen molar-refractivity contribution in [3.05, 3.63) is 28.8 Å². The summed E-state index contributed by atoms with van der Waals surface area (Å²) in [5.74, 6) is 0.652. The summed E-state index contributed by atoms with van der Waals surface area (Å²) in [5.41, 5.74) is 0.980. The molecule has 1 aliphatic rings. The molecule has 110 valence electrons. The lowest BCUT2D eigenvalue weighted by Crippen LogP contribution is -2.32. The van der Waals surface area contributed by atoms with Crippen LogP contribution in [0.15, 0.2) is 18.2 Å². The van der Waals surface area contributed by atoms with Crippen LogP contribution in [0, 0.1) is 0 Å². The van der Waals surface area contributed by atoms with Crippen LogP contribution in [0.1, 0.15) is 25.3 Å². The predicted molar refractivity (Wildman–Crippen MR) is 80.1 cm³/mol. The fourth-order valence-electron chi connectivity index (χ4n) is 2.31. The van der Waals surface area contributed by atoms with Crippen molar-refractivity contribution in [2.45, 2.75) is 26.3 Å². The highest BCUT2D eigenvalue weighted by atomic mass is 35.5. The van der Waals surface area contributed by atoms with Crippen molar-refractivity contribution in [2.24, 2.45) is 0 Å². The first-order valence-corrected chi connectivity index (χ1v) is 7.49. The number of hydrogen-bond donors (Lipinski definition) is 1. The number of nitrogens with zero attached hydrogens (tertiary/aromatic N) is 1. The normalized spacial score (nSPS) is 14.6. The van der Waals surface area contributed by atoms with Crippen LogP contribution < -0.4 is 10.1 Å². The molecule has 0 spiro atoms. The number of carbonyl (C=O) groups excluding carboxylic acids is 1. The highest BCUT2D eigenvalue weighted by Crippen LogP contribution is 2.28. The van der Waals surface area contributed by atoms with Gasteiger partial charge >= 0.3 is 0 Å². The van der Waals surface area contributed by atoms with E-state index in [-0.39, 0.29) is 12.5 Å². The number of carbonyl (C=O) groups is 1. The third-order valence-corrected chi connectivity index (χ3v) is 3.71. The van der Waals surface area contributed by atoms with E-state index in [0.29, 0.717) is 17.3 Å². The van der Waals surface area contributed by atoms with Crippen LogP contribution in [0.4, 0.5) is 0 Å². The molecule has 5 heteroatoms. The number of amides is 1. The second-order valence-corrected chi connectivity index (χ2v) is 5.29. The average molecular weight is 297 g/mol. The lowest BCUT2D eigenvalue weighted by atomic mass is 10.2. The van der Waals surface area contributed by atoms with Crippen LogP contribution in [0.3, 0.4) is 0 Å². The zero-order chi connectivity index (χ0) is 14.4. The molecule has 4 nitrogen and oxygen atoms in total. The summed E-state index contributed by atoms with van der Waals surface area (Å²) in [5, 5.41) is 3.79. The SMILES string of the molecule is CCNCc1cccc(Cl)c1OCC(=O)N1CCCC1. The highest BCUT2D eigenvalue weighted by Gasteiger charge is 2.19. The molecule has 2 rings (SSSR count). The van der Waals surface area contributed by atoms with Gasteiger partial charge in [0.2, 0.25) is 0 Å². The molecule has 1 amide bonds. The Labute approximate surface area is 125 Å². The van der Waals surface area contributed by atoms with Crippen molar-refractivity contribution < 1.29 is 9.53 Å². The first-order valence-electron chi connectivity index (χ1n) is 7.11. The summed E-state index contributed by atoms with van der Waals surface area (Å²) < 4.78 is 5.68. The fraction of sp³-hybridized carbons (Fsp3) is 0.533. The van der Waals surface area contributed by atoms with Gasteiger partial charge < -0.3 is 15.0 Å². The number of nitrogens with one attached hydrogen (secondary N) is 1. The number of halogens is 1. The van der Waals surface area contributed by atoms with Crippen molar-refractivity contribution in [2.75, 3.05) is 26.2 Å². The Morgan fingerprint density at radius 1 is 1.40 bits per heavy atom. The maximum atomic E-state index is 12.0. The van der Waals surface area contributed by atoms with Gasteiger partial charge in [0.05, 0.1) is 5.02 Å². The predicted octanol–water partition coefficient (Wildman–Crippen LogP) is 2.45. The Hall–Kier alpha value is -1.26. The van der Waals surface area contributed by atoms with Gasteiger partial charge in [0, 0.05) is 25.2 Å². The molecule has 1 aromatic carbocycles. The monoisotopic (exact) mass is 296 g/mol. The fourth-order valence-corrected chi connectivity index (χ4v) is 2.55. The van der Waals surface area contributed by atoms with Gasteiger partial charge in [-0.05, 0) is 25.5 Å². The second-order valence-electron chi connectivity index (χ2n) is 4.88. The summed E-state index contributed by atoms with van der Waals surface area (Å²) in [6.45, 7) is 5.34. The minimum Gasteiger partial charge on any atom is -0.482 e. The molecule has 1 N–H and O–H groups in total. The zero-order valence-corrected chi connectivity index (χ0v) is 12.6. The first-order chi connectivity index (χ1) is 9.72. The Balaban J connectivity index is 1.98. The van der Waals surface area contributed by atoms with Gasteiger partial charge in [0.25, 0.3) is 5.91 Å². The van der Waals surface area contributed by atoms with Crippen molar-refractivity contribution in [1.82, 2.24) is 10.2 Å². The quantitative estimate of drug-likeness (QED) is 0.877. The van der Waals surface area contributed by atoms with Crippen molar-refractivity contribution in [3.63, 3.8) is 0 Å². The molecule has 20 heavy (non-hydrogen) atoms. The van der Waals surface area contributed by atoms with Crippen LogP contribution in [-0.4, -0.2) is 37.0 Å². The Morgan fingerprint density at radius 3 is 2.85 bits per heavy atom. The molecule has 1 heterocycles. The lowest BCUT2D eigenvalue weighted by molar-refractivity contribution is -0.132. The Morgan fingerprint density at radius 2 is 2.15 bits per heavy atom. The first kappa shape index (κ1) is 15.1. The van der Waals surface area contributed by atoms with Crippen LogP contribution in [0.2, 0.25) is 5.02 Å². The summed E-state index contributed by atoms with van der Waals surface area (Å²) in [6.07, 6.45) is 2.17. The average Bonchev–Trinajstić information content (AvgIpc) is 2.98. The molecule has 0 unspecified atom stereocenters. The molecule has 0 aromatic heterocycles. The van der Waals surface area contributed by atoms with E-state index in [4.69, 9.17) is 16.3 Å². The van der Waals surface area contributed by atoms with Gasteiger partial charge in [0.1, 0.15) is 5.75 Å². The van der Waals surface area contributed by atoms with Gasteiger partial charge in [-0.25, -0.2) is 0 Å². The molecule has 0 aliphatic carbocycles. The smallest absolute Gasteiger partial charge is 0.260 e. The Bertz CT molecular complexity index is 459. The standard InChI is InChI=1S/C15H21ClN2O2/c1-2-17-10-12-6-5-7-13(16)15(12)20-11-14(19)18-8-3-4-9-18/h5-7,17H,2-4,8-11H2,1H3. The van der Waals surface area contributed by atoms with Crippen molar-refractivity contribution in [3.8, 4) is 5.75 Å². The molecular weight excluding hydrogens is 276 g/mol. The van der Waals surface area contributed by atoms with E-state index in [1.807, 2.05) is 24.0 Å². The maximum absolute atomic E-state index is 12.0. The summed E-state index contributed by atoms with van der Waals surface area (Å²) in [6, 6.07) is 5.64. The largest absolute Gasteiger partial charge is 0.482 e. The number of likely N-dealkylation sites (tertiary alicyclic amines) is 1. The Kier molecular flexibility index (Phi) is 5.68. The van der Waals surface area contributed by atoms with Gasteiger partial charge in [-0.1, -0.05) is 30.7 Å². The third-order valence-electron chi connectivity index (χ3n) is 3.41. The van der Waals surface area contributed by atoms with Crippen molar-refractivity contribution in [1.29, 1.82) is 0 Å². The highest BCUT2D eigenvalue weighted by molar-refractivity contribution is 6.32. The molecule has 0 atom stereocenters. The van der Waals surface area contributed by atoms with E-state index in [1.165, 1.54) is 0 Å². The van der Waals surface area contributed by atoms with Gasteiger partial charge in [-0.15, -0.1) is 0 Å². The maximum Gasteiger partial charge on any atom is 0.260 e. The van der Waals surface area contributed by atoms with E-state index < -0.39 is 0 Å². The van der Waals surface area contributed by atoms with Crippen LogP contribution in [0.5, 0.6) is 5.75 Å². The van der Waals surface area contributed by atoms with E-state index in [0.717, 1.165) is 38.0 Å². The molecule has 0 radical (unpaired) electrons. The third kappa shape index (κ3) is 3.87. The van der Waals surface area contributed by atoms with E-state index in [9.17, 15) is 4.79 Å². The van der Waals surface area contributed by atoms with Crippen molar-refractivity contribution >= 4 is 17.5 Å². The van der Waals surface area contributed by atoms with E-state index in [2.05, 4.69) is 5.32 Å². The number of rotatable bonds is 6. The van der Waals surface area contributed by atoms with Crippen LogP contribution in [0.25, 0.3) is 0 Å². The summed E-state index contributed by atoms with van der Waals surface area (Å²) in [4.78, 5) is 13.8. The minimum absolute atomic E-state index is 0.0387. The van der Waals surface area contributed by atoms with Crippen LogP contribution >= 0.6 is 11.6 Å². The van der Waals surface area contributed by atoms with Crippen LogP contribution in [-0.2, 0) is 11.3 Å². The van der Waals surface area contributed by atoms with E-state index >= 15 is 0 Å². The molecular formula is C15H21ClN2O2. The molecule has 1 aromatic rings. The molecule has 1 fully saturated rings. The zero-order valence-electron chi connectivity index (χ0n) is 11.8. The topological polar surface area (TPSA) is 41.6 Å². The molecule has 1 saturated heterocycles. The second kappa shape index (κ2) is 7.50. The van der Waals surface area contributed by atoms with Gasteiger partial charge in [-0.2, -0.15) is 0 Å². The lowest BCUT2D eigenvalue weighted by Gasteiger charge is -2.17. The molecule has 0 saturated carbocycles. The molecule has 1 aliphatic heterocycles. The number of hydrogen-bond acceptors (Lipinski definition) is 3. The summed E-state index contributed by atoms with van der Waals surface area (Å²) >= 11 is 6.17. The van der Waals surface area contributed by atoms with Gasteiger partial charge in [-0.3, -0.25) is 4.79 Å². The number of benzene rings is 1. The number of ether oxygens (including phenoxy) is 1.